The number of benzene rings is 1. The summed E-state index contributed by atoms with van der Waals surface area (Å²) in [6, 6.07) is 5.09. The van der Waals surface area contributed by atoms with Crippen LogP contribution in [0.15, 0.2) is 36.4 Å². The smallest absolute Gasteiger partial charge is 0.380 e. The van der Waals surface area contributed by atoms with E-state index in [1.165, 1.54) is 6.07 Å². The molecule has 7 heteroatoms. The second-order valence-electron chi connectivity index (χ2n) is 6.16. The van der Waals surface area contributed by atoms with Gasteiger partial charge in [-0.05, 0) is 38.7 Å². The number of likely N-dealkylation sites (N-methyl/N-ethyl adjacent to an activating group) is 1. The molecule has 1 aliphatic heterocycles. The fraction of sp³-hybridized carbons (Fsp3) is 0.471. The fourth-order valence-corrected chi connectivity index (χ4v) is 2.57. The van der Waals surface area contributed by atoms with Crippen molar-refractivity contribution in [2.24, 2.45) is 0 Å². The summed E-state index contributed by atoms with van der Waals surface area (Å²) in [4.78, 5) is 15.7. The summed E-state index contributed by atoms with van der Waals surface area (Å²) in [5.74, 6) is -0.0646. The Morgan fingerprint density at radius 3 is 2.83 bits per heavy atom. The van der Waals surface area contributed by atoms with Crippen LogP contribution in [-0.4, -0.2) is 55.5 Å². The maximum absolute atomic E-state index is 12.7. The SMILES string of the molecule is CN(C)C/C=C/C(=O)N1CCC(Nc2cccc(C(F)(F)F)c2)C1. The van der Waals surface area contributed by atoms with Crippen LogP contribution in [0.1, 0.15) is 12.0 Å². The number of hydrogen-bond donors (Lipinski definition) is 1. The number of nitrogens with one attached hydrogen (secondary N) is 1. The molecule has 1 unspecified atom stereocenters. The van der Waals surface area contributed by atoms with Gasteiger partial charge in [0.15, 0.2) is 0 Å². The average molecular weight is 341 g/mol. The Morgan fingerprint density at radius 2 is 2.17 bits per heavy atom. The fourth-order valence-electron chi connectivity index (χ4n) is 2.57. The largest absolute Gasteiger partial charge is 0.416 e. The van der Waals surface area contributed by atoms with E-state index in [1.807, 2.05) is 19.0 Å². The van der Waals surface area contributed by atoms with Gasteiger partial charge in [-0.3, -0.25) is 4.79 Å². The minimum Gasteiger partial charge on any atom is -0.380 e. The van der Waals surface area contributed by atoms with E-state index >= 15 is 0 Å². The Labute approximate surface area is 139 Å². The molecule has 0 bridgehead atoms. The molecule has 1 aliphatic rings. The Bertz CT molecular complexity index is 599. The lowest BCUT2D eigenvalue weighted by Crippen LogP contribution is -2.30. The van der Waals surface area contributed by atoms with Crippen molar-refractivity contribution in [1.29, 1.82) is 0 Å². The van der Waals surface area contributed by atoms with Crippen LogP contribution in [0.25, 0.3) is 0 Å². The molecule has 0 aromatic heterocycles. The lowest BCUT2D eigenvalue weighted by Gasteiger charge is -2.17. The first-order valence-electron chi connectivity index (χ1n) is 7.79. The average Bonchev–Trinajstić information content (AvgIpc) is 2.95. The third-order valence-electron chi connectivity index (χ3n) is 3.79. The molecule has 1 aromatic carbocycles. The van der Waals surface area contributed by atoms with Crippen LogP contribution in [0.3, 0.4) is 0 Å². The zero-order valence-electron chi connectivity index (χ0n) is 13.8. The van der Waals surface area contributed by atoms with Crippen LogP contribution in [-0.2, 0) is 11.0 Å². The Balaban J connectivity index is 1.90. The van der Waals surface area contributed by atoms with E-state index in [0.29, 0.717) is 31.7 Å². The maximum Gasteiger partial charge on any atom is 0.416 e. The van der Waals surface area contributed by atoms with Gasteiger partial charge in [-0.1, -0.05) is 12.1 Å². The normalized spacial score (nSPS) is 18.6. The van der Waals surface area contributed by atoms with Gasteiger partial charge in [0.05, 0.1) is 5.56 Å². The van der Waals surface area contributed by atoms with Gasteiger partial charge in [0.25, 0.3) is 0 Å². The van der Waals surface area contributed by atoms with Crippen molar-refractivity contribution in [3.05, 3.63) is 42.0 Å². The lowest BCUT2D eigenvalue weighted by atomic mass is 10.1. The number of anilines is 1. The van der Waals surface area contributed by atoms with E-state index in [4.69, 9.17) is 0 Å². The van der Waals surface area contributed by atoms with Crippen molar-refractivity contribution in [2.75, 3.05) is 39.0 Å². The highest BCUT2D eigenvalue weighted by Gasteiger charge is 2.31. The van der Waals surface area contributed by atoms with Crippen molar-refractivity contribution in [1.82, 2.24) is 9.80 Å². The van der Waals surface area contributed by atoms with Gasteiger partial charge in [0.2, 0.25) is 5.91 Å². The number of alkyl halides is 3. The number of amides is 1. The van der Waals surface area contributed by atoms with Crippen molar-refractivity contribution in [3.8, 4) is 0 Å². The molecule has 1 heterocycles. The molecule has 1 atom stereocenters. The van der Waals surface area contributed by atoms with Crippen LogP contribution in [0.5, 0.6) is 0 Å². The summed E-state index contributed by atoms with van der Waals surface area (Å²) in [7, 11) is 3.83. The molecule has 2 rings (SSSR count). The number of rotatable bonds is 5. The molecule has 1 aromatic rings. The Kier molecular flexibility index (Phi) is 5.88. The molecule has 0 spiro atoms. The Hall–Kier alpha value is -2.02. The molecule has 1 fully saturated rings. The third kappa shape index (κ3) is 5.26. The second-order valence-corrected chi connectivity index (χ2v) is 6.16. The summed E-state index contributed by atoms with van der Waals surface area (Å²) >= 11 is 0. The molecular formula is C17H22F3N3O. The van der Waals surface area contributed by atoms with E-state index in [0.717, 1.165) is 12.1 Å². The molecule has 24 heavy (non-hydrogen) atoms. The number of nitrogens with zero attached hydrogens (tertiary/aromatic N) is 2. The summed E-state index contributed by atoms with van der Waals surface area (Å²) in [6.45, 7) is 1.77. The molecule has 132 valence electrons. The third-order valence-corrected chi connectivity index (χ3v) is 3.79. The van der Waals surface area contributed by atoms with Gasteiger partial charge in [0, 0.05) is 37.4 Å². The quantitative estimate of drug-likeness (QED) is 0.837. The highest BCUT2D eigenvalue weighted by Crippen LogP contribution is 2.31. The molecule has 1 amide bonds. The molecule has 1 saturated heterocycles. The molecule has 4 nitrogen and oxygen atoms in total. The maximum atomic E-state index is 12.7. The van der Waals surface area contributed by atoms with E-state index in [1.54, 1.807) is 23.1 Å². The first kappa shape index (κ1) is 18.3. The standard InChI is InChI=1S/C17H22F3N3O/c1-22(2)9-4-7-16(24)23-10-8-15(12-23)21-14-6-3-5-13(11-14)17(18,19)20/h3-7,11,15,21H,8-10,12H2,1-2H3/b7-4+. The van der Waals surface area contributed by atoms with E-state index < -0.39 is 11.7 Å². The highest BCUT2D eigenvalue weighted by atomic mass is 19.4. The van der Waals surface area contributed by atoms with Gasteiger partial charge in [-0.25, -0.2) is 0 Å². The summed E-state index contributed by atoms with van der Waals surface area (Å²) in [5, 5.41) is 3.09. The zero-order chi connectivity index (χ0) is 17.7. The topological polar surface area (TPSA) is 35.6 Å². The number of halogens is 3. The molecule has 1 N–H and O–H groups in total. The number of carbonyl (C=O) groups excluding carboxylic acids is 1. The van der Waals surface area contributed by atoms with E-state index in [-0.39, 0.29) is 11.9 Å². The van der Waals surface area contributed by atoms with Crippen LogP contribution in [0, 0.1) is 0 Å². The van der Waals surface area contributed by atoms with Crippen LogP contribution >= 0.6 is 0 Å². The summed E-state index contributed by atoms with van der Waals surface area (Å²) in [5.41, 5.74) is -0.252. The van der Waals surface area contributed by atoms with Crippen LogP contribution in [0.2, 0.25) is 0 Å². The lowest BCUT2D eigenvalue weighted by molar-refractivity contribution is -0.137. The summed E-state index contributed by atoms with van der Waals surface area (Å²) in [6.07, 6.45) is -0.293. The van der Waals surface area contributed by atoms with Crippen molar-refractivity contribution < 1.29 is 18.0 Å². The monoisotopic (exact) mass is 341 g/mol. The van der Waals surface area contributed by atoms with Crippen molar-refractivity contribution in [3.63, 3.8) is 0 Å². The molecule has 0 saturated carbocycles. The van der Waals surface area contributed by atoms with Gasteiger partial charge >= 0.3 is 6.18 Å². The number of hydrogen-bond acceptors (Lipinski definition) is 3. The number of likely N-dealkylation sites (tertiary alicyclic amines) is 1. The van der Waals surface area contributed by atoms with Gasteiger partial charge < -0.3 is 15.1 Å². The molecule has 0 aliphatic carbocycles. The predicted molar refractivity (Wildman–Crippen MR) is 87.7 cm³/mol. The number of carbonyl (C=O) groups is 1. The summed E-state index contributed by atoms with van der Waals surface area (Å²) < 4.78 is 38.2. The van der Waals surface area contributed by atoms with Crippen molar-refractivity contribution in [2.45, 2.75) is 18.6 Å². The first-order chi connectivity index (χ1) is 11.3. The minimum atomic E-state index is -4.35. The van der Waals surface area contributed by atoms with Gasteiger partial charge in [0.1, 0.15) is 0 Å². The van der Waals surface area contributed by atoms with Gasteiger partial charge in [-0.15, -0.1) is 0 Å². The van der Waals surface area contributed by atoms with Crippen molar-refractivity contribution >= 4 is 11.6 Å². The highest BCUT2D eigenvalue weighted by molar-refractivity contribution is 5.87. The minimum absolute atomic E-state index is 0.0420. The van der Waals surface area contributed by atoms with Crippen LogP contribution in [0.4, 0.5) is 18.9 Å². The van der Waals surface area contributed by atoms with Gasteiger partial charge in [-0.2, -0.15) is 13.2 Å². The zero-order valence-corrected chi connectivity index (χ0v) is 13.8. The van der Waals surface area contributed by atoms with E-state index in [9.17, 15) is 18.0 Å². The Morgan fingerprint density at radius 1 is 1.42 bits per heavy atom. The second kappa shape index (κ2) is 7.70. The first-order valence-corrected chi connectivity index (χ1v) is 7.79. The predicted octanol–water partition coefficient (Wildman–Crippen LogP) is 2.84. The van der Waals surface area contributed by atoms with E-state index in [2.05, 4.69) is 5.32 Å². The van der Waals surface area contributed by atoms with Crippen LogP contribution < -0.4 is 5.32 Å². The molecule has 0 radical (unpaired) electrons. The molecular weight excluding hydrogens is 319 g/mol.